The van der Waals surface area contributed by atoms with E-state index in [9.17, 15) is 4.79 Å². The molecule has 0 saturated carbocycles. The number of aromatic nitrogens is 1. The summed E-state index contributed by atoms with van der Waals surface area (Å²) in [6.45, 7) is 2.44. The number of carbonyl (C=O) groups excluding carboxylic acids is 1. The molecule has 2 fully saturated rings. The number of Topliss-reactive ketones (excluding diaryl/α,β-unsaturated/α-hetero) is 1. The average Bonchev–Trinajstić information content (AvgIpc) is 3.33. The normalized spacial score (nSPS) is 22.5. The van der Waals surface area contributed by atoms with E-state index >= 15 is 0 Å². The number of piperidine rings is 1. The first-order valence-corrected chi connectivity index (χ1v) is 11.1. The number of hydrogen-bond acceptors (Lipinski definition) is 2. The van der Waals surface area contributed by atoms with Crippen LogP contribution >= 0.6 is 15.9 Å². The molecule has 28 heavy (non-hydrogen) atoms. The Morgan fingerprint density at radius 3 is 2.96 bits per heavy atom. The highest BCUT2D eigenvalue weighted by Crippen LogP contribution is 2.37. The number of nitrogens with one attached hydrogen (secondary N) is 1. The van der Waals surface area contributed by atoms with Gasteiger partial charge in [-0.1, -0.05) is 34.1 Å². The van der Waals surface area contributed by atoms with Gasteiger partial charge in [-0.25, -0.2) is 0 Å². The second kappa shape index (κ2) is 7.49. The molecule has 0 spiro atoms. The van der Waals surface area contributed by atoms with Gasteiger partial charge < -0.3 is 4.98 Å². The van der Waals surface area contributed by atoms with E-state index in [0.717, 1.165) is 21.6 Å². The van der Waals surface area contributed by atoms with Crippen molar-refractivity contribution in [3.63, 3.8) is 0 Å². The molecule has 0 amide bonds. The van der Waals surface area contributed by atoms with E-state index in [1.165, 1.54) is 55.2 Å². The topological polar surface area (TPSA) is 36.1 Å². The number of H-pyrrole nitrogens is 1. The molecule has 4 heteroatoms. The summed E-state index contributed by atoms with van der Waals surface area (Å²) in [5, 5.41) is 1.29. The van der Waals surface area contributed by atoms with E-state index in [-0.39, 0.29) is 5.78 Å². The van der Waals surface area contributed by atoms with E-state index in [1.807, 2.05) is 24.3 Å². The standard InChI is InChI=1S/C24H25BrN2O/c25-19-4-1-3-17(13-19)24(28)12-16-6-9-23-21(11-16)22(14-26-23)18-7-8-20-5-2-10-27(20)15-18/h1,3-4,6,9,11,13-14,18,20,26H,2,5,7-8,10,12,15H2. The summed E-state index contributed by atoms with van der Waals surface area (Å²) in [7, 11) is 0. The first-order valence-electron chi connectivity index (χ1n) is 10.3. The van der Waals surface area contributed by atoms with Crippen molar-refractivity contribution in [3.8, 4) is 0 Å². The van der Waals surface area contributed by atoms with Crippen LogP contribution in [0.3, 0.4) is 0 Å². The summed E-state index contributed by atoms with van der Waals surface area (Å²) >= 11 is 3.46. The van der Waals surface area contributed by atoms with Crippen LogP contribution in [0.2, 0.25) is 0 Å². The zero-order chi connectivity index (χ0) is 19.1. The van der Waals surface area contributed by atoms with Crippen molar-refractivity contribution in [1.29, 1.82) is 0 Å². The van der Waals surface area contributed by atoms with Gasteiger partial charge >= 0.3 is 0 Å². The van der Waals surface area contributed by atoms with Crippen molar-refractivity contribution >= 4 is 32.6 Å². The Kier molecular flexibility index (Phi) is 4.85. The van der Waals surface area contributed by atoms with Crippen LogP contribution in [0.1, 0.15) is 53.1 Å². The Labute approximate surface area is 174 Å². The molecule has 2 aliphatic rings. The second-order valence-electron chi connectivity index (χ2n) is 8.30. The fourth-order valence-corrected chi connectivity index (χ4v) is 5.47. The highest BCUT2D eigenvalue weighted by molar-refractivity contribution is 9.10. The van der Waals surface area contributed by atoms with Gasteiger partial charge in [-0.05, 0) is 73.5 Å². The maximum absolute atomic E-state index is 12.7. The van der Waals surface area contributed by atoms with Gasteiger partial charge in [0.1, 0.15) is 0 Å². The number of hydrogen-bond donors (Lipinski definition) is 1. The van der Waals surface area contributed by atoms with Crippen LogP contribution in [0.25, 0.3) is 10.9 Å². The number of halogens is 1. The Bertz CT molecular complexity index is 1020. The Morgan fingerprint density at radius 1 is 1.14 bits per heavy atom. The molecule has 144 valence electrons. The van der Waals surface area contributed by atoms with Crippen molar-refractivity contribution in [2.45, 2.75) is 44.1 Å². The smallest absolute Gasteiger partial charge is 0.167 e. The third-order valence-electron chi connectivity index (χ3n) is 6.53. The minimum absolute atomic E-state index is 0.162. The van der Waals surface area contributed by atoms with Crippen molar-refractivity contribution in [1.82, 2.24) is 9.88 Å². The molecule has 2 atom stereocenters. The summed E-state index contributed by atoms with van der Waals surface area (Å²) in [6.07, 6.45) is 7.96. The predicted octanol–water partition coefficient (Wildman–Crippen LogP) is 5.70. The second-order valence-corrected chi connectivity index (χ2v) is 9.22. The number of nitrogens with zero attached hydrogens (tertiary/aromatic N) is 1. The third kappa shape index (κ3) is 3.44. The molecule has 0 bridgehead atoms. The number of carbonyl (C=O) groups is 1. The van der Waals surface area contributed by atoms with Crippen LogP contribution in [-0.2, 0) is 6.42 Å². The lowest BCUT2D eigenvalue weighted by atomic mass is 9.87. The van der Waals surface area contributed by atoms with Crippen LogP contribution in [0.5, 0.6) is 0 Å². The minimum Gasteiger partial charge on any atom is -0.361 e. The van der Waals surface area contributed by atoms with Crippen molar-refractivity contribution in [3.05, 3.63) is 69.8 Å². The van der Waals surface area contributed by atoms with Gasteiger partial charge in [-0.2, -0.15) is 0 Å². The number of fused-ring (bicyclic) bond motifs is 2. The predicted molar refractivity (Wildman–Crippen MR) is 117 cm³/mol. The van der Waals surface area contributed by atoms with Gasteiger partial charge in [0.2, 0.25) is 0 Å². The zero-order valence-corrected chi connectivity index (χ0v) is 17.5. The molecule has 2 aromatic carbocycles. The van der Waals surface area contributed by atoms with Crippen LogP contribution in [0.15, 0.2) is 53.1 Å². The summed E-state index contributed by atoms with van der Waals surface area (Å²) in [5.41, 5.74) is 4.46. The lowest BCUT2D eigenvalue weighted by molar-refractivity contribution is 0.0993. The van der Waals surface area contributed by atoms with Crippen LogP contribution in [0.4, 0.5) is 0 Å². The summed E-state index contributed by atoms with van der Waals surface area (Å²) in [5.74, 6) is 0.759. The quantitative estimate of drug-likeness (QED) is 0.532. The maximum atomic E-state index is 12.7. The molecule has 1 N–H and O–H groups in total. The molecular formula is C24H25BrN2O. The molecule has 1 aromatic heterocycles. The van der Waals surface area contributed by atoms with E-state index < -0.39 is 0 Å². The molecule has 3 aromatic rings. The number of ketones is 1. The largest absolute Gasteiger partial charge is 0.361 e. The first-order chi connectivity index (χ1) is 13.7. The van der Waals surface area contributed by atoms with Gasteiger partial charge in [-0.3, -0.25) is 9.69 Å². The molecule has 3 nitrogen and oxygen atoms in total. The van der Waals surface area contributed by atoms with Crippen LogP contribution in [0, 0.1) is 0 Å². The fraction of sp³-hybridized carbons (Fsp3) is 0.375. The number of rotatable bonds is 4. The molecule has 5 rings (SSSR count). The molecule has 3 heterocycles. The number of aromatic amines is 1. The zero-order valence-electron chi connectivity index (χ0n) is 16.0. The Hall–Kier alpha value is -1.91. The summed E-state index contributed by atoms with van der Waals surface area (Å²) in [6, 6.07) is 14.9. The van der Waals surface area contributed by atoms with Crippen LogP contribution < -0.4 is 0 Å². The molecular weight excluding hydrogens is 412 g/mol. The van der Waals surface area contributed by atoms with Gasteiger partial charge in [-0.15, -0.1) is 0 Å². The third-order valence-corrected chi connectivity index (χ3v) is 7.02. The maximum Gasteiger partial charge on any atom is 0.167 e. The molecule has 2 saturated heterocycles. The highest BCUT2D eigenvalue weighted by atomic mass is 79.9. The molecule has 2 unspecified atom stereocenters. The van der Waals surface area contributed by atoms with E-state index in [1.54, 1.807) is 0 Å². The summed E-state index contributed by atoms with van der Waals surface area (Å²) < 4.78 is 0.944. The lowest BCUT2D eigenvalue weighted by Crippen LogP contribution is -2.37. The van der Waals surface area contributed by atoms with Gasteiger partial charge in [0.25, 0.3) is 0 Å². The van der Waals surface area contributed by atoms with Gasteiger partial charge in [0.05, 0.1) is 0 Å². The van der Waals surface area contributed by atoms with E-state index in [2.05, 4.69) is 50.2 Å². The Morgan fingerprint density at radius 2 is 2.07 bits per heavy atom. The minimum atomic E-state index is 0.162. The average molecular weight is 437 g/mol. The van der Waals surface area contributed by atoms with Crippen LogP contribution in [-0.4, -0.2) is 34.8 Å². The SMILES string of the molecule is O=C(Cc1ccc2[nH]cc(C3CCC4CCCN4C3)c2c1)c1cccc(Br)c1. The van der Waals surface area contributed by atoms with E-state index in [4.69, 9.17) is 0 Å². The summed E-state index contributed by atoms with van der Waals surface area (Å²) in [4.78, 5) is 18.9. The van der Waals surface area contributed by atoms with Crippen molar-refractivity contribution < 1.29 is 4.79 Å². The highest BCUT2D eigenvalue weighted by Gasteiger charge is 2.32. The van der Waals surface area contributed by atoms with Crippen molar-refractivity contribution in [2.75, 3.05) is 13.1 Å². The Balaban J connectivity index is 1.40. The van der Waals surface area contributed by atoms with Gasteiger partial charge in [0.15, 0.2) is 5.78 Å². The molecule has 2 aliphatic heterocycles. The van der Waals surface area contributed by atoms with Gasteiger partial charge in [0, 0.05) is 46.1 Å². The first kappa shape index (κ1) is 18.1. The molecule has 0 radical (unpaired) electrons. The fourth-order valence-electron chi connectivity index (χ4n) is 5.07. The monoisotopic (exact) mass is 436 g/mol. The number of benzene rings is 2. The van der Waals surface area contributed by atoms with E-state index in [0.29, 0.717) is 12.3 Å². The molecule has 0 aliphatic carbocycles. The lowest BCUT2D eigenvalue weighted by Gasteiger charge is -2.35. The van der Waals surface area contributed by atoms with Crippen molar-refractivity contribution in [2.24, 2.45) is 0 Å².